The fraction of sp³-hybridized carbons (Fsp3) is 0.682. The highest BCUT2D eigenvalue weighted by Gasteiger charge is 2.53. The quantitative estimate of drug-likeness (QED) is 0.835. The number of fused-ring (bicyclic) bond motifs is 3. The molecule has 148 valence electrons. The van der Waals surface area contributed by atoms with E-state index in [0.717, 1.165) is 31.1 Å². The Kier molecular flexibility index (Phi) is 5.69. The molecule has 1 aromatic rings. The Morgan fingerprint density at radius 3 is 2.74 bits per heavy atom. The summed E-state index contributed by atoms with van der Waals surface area (Å²) in [6, 6.07) is 8.79. The number of aliphatic hydroxyl groups is 1. The van der Waals surface area contributed by atoms with Crippen molar-refractivity contribution in [1.29, 1.82) is 0 Å². The van der Waals surface area contributed by atoms with Crippen LogP contribution >= 0.6 is 0 Å². The highest BCUT2D eigenvalue weighted by Crippen LogP contribution is 2.48. The number of urea groups is 1. The summed E-state index contributed by atoms with van der Waals surface area (Å²) in [4.78, 5) is 17.2. The number of para-hydroxylation sites is 1. The molecule has 0 unspecified atom stereocenters. The first-order valence-electron chi connectivity index (χ1n) is 10.8. The zero-order valence-corrected chi connectivity index (χ0v) is 16.4. The SMILES string of the molecule is CCCNC(=O)N1C[C@H]2[C@@H](c3ccccc31)[C@@H](CO)N2CC1CCCCC1. The number of amides is 2. The minimum absolute atomic E-state index is 0.00724. The zero-order valence-electron chi connectivity index (χ0n) is 16.4. The van der Waals surface area contributed by atoms with Gasteiger partial charge in [0.2, 0.25) is 0 Å². The van der Waals surface area contributed by atoms with Gasteiger partial charge >= 0.3 is 6.03 Å². The zero-order chi connectivity index (χ0) is 18.8. The van der Waals surface area contributed by atoms with Crippen molar-refractivity contribution in [3.05, 3.63) is 29.8 Å². The number of nitrogens with zero attached hydrogens (tertiary/aromatic N) is 2. The maximum atomic E-state index is 12.8. The first kappa shape index (κ1) is 18.8. The number of carbonyl (C=O) groups excluding carboxylic acids is 1. The first-order chi connectivity index (χ1) is 13.2. The molecule has 2 amide bonds. The molecule has 1 aromatic carbocycles. The van der Waals surface area contributed by atoms with E-state index in [1.54, 1.807) is 0 Å². The van der Waals surface area contributed by atoms with E-state index in [1.807, 2.05) is 11.0 Å². The third kappa shape index (κ3) is 3.47. The molecule has 0 aromatic heterocycles. The van der Waals surface area contributed by atoms with Crippen LogP contribution in [0.3, 0.4) is 0 Å². The number of benzene rings is 1. The predicted molar refractivity (Wildman–Crippen MR) is 108 cm³/mol. The van der Waals surface area contributed by atoms with Crippen molar-refractivity contribution in [1.82, 2.24) is 10.2 Å². The number of hydrogen-bond donors (Lipinski definition) is 2. The Morgan fingerprint density at radius 2 is 2.00 bits per heavy atom. The number of hydrogen-bond acceptors (Lipinski definition) is 3. The summed E-state index contributed by atoms with van der Waals surface area (Å²) in [5, 5.41) is 13.2. The molecule has 5 nitrogen and oxygen atoms in total. The molecular formula is C22H33N3O2. The predicted octanol–water partition coefficient (Wildman–Crippen LogP) is 3.34. The monoisotopic (exact) mass is 371 g/mol. The van der Waals surface area contributed by atoms with Crippen molar-refractivity contribution in [2.24, 2.45) is 5.92 Å². The minimum atomic E-state index is 0.00724. The largest absolute Gasteiger partial charge is 0.395 e. The van der Waals surface area contributed by atoms with Crippen LogP contribution in [-0.2, 0) is 0 Å². The lowest BCUT2D eigenvalue weighted by Gasteiger charge is -2.59. The molecule has 3 atom stereocenters. The normalized spacial score (nSPS) is 28.2. The number of nitrogens with one attached hydrogen (secondary N) is 1. The second-order valence-corrected chi connectivity index (χ2v) is 8.45. The molecule has 1 aliphatic carbocycles. The van der Waals surface area contributed by atoms with Gasteiger partial charge in [0, 0.05) is 43.3 Å². The molecule has 1 saturated carbocycles. The fourth-order valence-electron chi connectivity index (χ4n) is 5.42. The number of likely N-dealkylation sites (tertiary alicyclic amines) is 1. The highest BCUT2D eigenvalue weighted by molar-refractivity contribution is 5.94. The maximum absolute atomic E-state index is 12.8. The molecule has 27 heavy (non-hydrogen) atoms. The number of anilines is 1. The van der Waals surface area contributed by atoms with Crippen LogP contribution in [0.5, 0.6) is 0 Å². The second-order valence-electron chi connectivity index (χ2n) is 8.45. The van der Waals surface area contributed by atoms with Crippen molar-refractivity contribution in [3.8, 4) is 0 Å². The summed E-state index contributed by atoms with van der Waals surface area (Å²) in [6.07, 6.45) is 7.60. The summed E-state index contributed by atoms with van der Waals surface area (Å²) in [7, 11) is 0. The summed E-state index contributed by atoms with van der Waals surface area (Å²) < 4.78 is 0. The van der Waals surface area contributed by atoms with Crippen LogP contribution in [0.1, 0.15) is 56.9 Å². The Balaban J connectivity index is 1.56. The molecule has 5 heteroatoms. The molecule has 4 rings (SSSR count). The van der Waals surface area contributed by atoms with Crippen LogP contribution in [0, 0.1) is 5.92 Å². The van der Waals surface area contributed by atoms with Crippen molar-refractivity contribution in [2.75, 3.05) is 31.1 Å². The number of carbonyl (C=O) groups is 1. The molecule has 3 aliphatic rings. The Hall–Kier alpha value is -1.59. The van der Waals surface area contributed by atoms with E-state index in [0.29, 0.717) is 18.5 Å². The van der Waals surface area contributed by atoms with Crippen LogP contribution in [0.25, 0.3) is 0 Å². The van der Waals surface area contributed by atoms with Crippen molar-refractivity contribution < 1.29 is 9.90 Å². The van der Waals surface area contributed by atoms with Gasteiger partial charge in [0.05, 0.1) is 6.61 Å². The van der Waals surface area contributed by atoms with Crippen LogP contribution in [-0.4, -0.2) is 54.4 Å². The van der Waals surface area contributed by atoms with Gasteiger partial charge < -0.3 is 10.4 Å². The van der Waals surface area contributed by atoms with E-state index in [2.05, 4.69) is 35.3 Å². The van der Waals surface area contributed by atoms with E-state index in [4.69, 9.17) is 0 Å². The summed E-state index contributed by atoms with van der Waals surface area (Å²) in [5.41, 5.74) is 2.24. The first-order valence-corrected chi connectivity index (χ1v) is 10.8. The minimum Gasteiger partial charge on any atom is -0.395 e. The Morgan fingerprint density at radius 1 is 1.22 bits per heavy atom. The fourth-order valence-corrected chi connectivity index (χ4v) is 5.42. The van der Waals surface area contributed by atoms with Crippen molar-refractivity contribution in [3.63, 3.8) is 0 Å². The van der Waals surface area contributed by atoms with E-state index in [-0.39, 0.29) is 18.7 Å². The van der Waals surface area contributed by atoms with E-state index in [9.17, 15) is 9.90 Å². The van der Waals surface area contributed by atoms with Gasteiger partial charge in [0.1, 0.15) is 0 Å². The molecule has 2 aliphatic heterocycles. The van der Waals surface area contributed by atoms with Gasteiger partial charge in [-0.3, -0.25) is 9.80 Å². The lowest BCUT2D eigenvalue weighted by molar-refractivity contribution is -0.0542. The standard InChI is InChI=1S/C22H33N3O2/c1-2-12-23-22(27)25-14-19-21(17-10-6-7-11-18(17)25)20(15-26)24(19)13-16-8-4-3-5-9-16/h6-7,10-11,16,19-21,26H,2-5,8-9,12-15H2,1H3,(H,23,27)/t19-,20+,21+/m0/s1. The molecular weight excluding hydrogens is 338 g/mol. The second kappa shape index (κ2) is 8.19. The van der Waals surface area contributed by atoms with Crippen LogP contribution in [0.4, 0.5) is 10.5 Å². The topological polar surface area (TPSA) is 55.8 Å². The van der Waals surface area contributed by atoms with Crippen LogP contribution in [0.2, 0.25) is 0 Å². The Bertz CT molecular complexity index is 659. The van der Waals surface area contributed by atoms with Gasteiger partial charge in [-0.05, 0) is 36.8 Å². The van der Waals surface area contributed by atoms with Gasteiger partial charge in [-0.1, -0.05) is 44.4 Å². The Labute approximate surface area is 162 Å². The summed E-state index contributed by atoms with van der Waals surface area (Å²) in [6.45, 7) is 4.77. The molecule has 2 heterocycles. The van der Waals surface area contributed by atoms with Crippen LogP contribution in [0.15, 0.2) is 24.3 Å². The van der Waals surface area contributed by atoms with Gasteiger partial charge in [-0.25, -0.2) is 4.79 Å². The molecule has 0 spiro atoms. The number of rotatable bonds is 5. The lowest BCUT2D eigenvalue weighted by Crippen LogP contribution is -2.70. The third-order valence-electron chi connectivity index (χ3n) is 6.79. The van der Waals surface area contributed by atoms with Gasteiger partial charge in [-0.15, -0.1) is 0 Å². The van der Waals surface area contributed by atoms with Gasteiger partial charge in [0.25, 0.3) is 0 Å². The van der Waals surface area contributed by atoms with Crippen molar-refractivity contribution >= 4 is 11.7 Å². The third-order valence-corrected chi connectivity index (χ3v) is 6.79. The lowest BCUT2D eigenvalue weighted by atomic mass is 9.71. The molecule has 2 fully saturated rings. The smallest absolute Gasteiger partial charge is 0.321 e. The molecule has 0 radical (unpaired) electrons. The van der Waals surface area contributed by atoms with Crippen molar-refractivity contribution in [2.45, 2.75) is 63.5 Å². The summed E-state index contributed by atoms with van der Waals surface area (Å²) in [5.74, 6) is 1.08. The molecule has 2 N–H and O–H groups in total. The maximum Gasteiger partial charge on any atom is 0.321 e. The van der Waals surface area contributed by atoms with E-state index < -0.39 is 0 Å². The average Bonchev–Trinajstić information content (AvgIpc) is 2.71. The van der Waals surface area contributed by atoms with E-state index in [1.165, 1.54) is 37.7 Å². The number of aliphatic hydroxyl groups excluding tert-OH is 1. The van der Waals surface area contributed by atoms with Gasteiger partial charge in [0.15, 0.2) is 0 Å². The molecule has 1 saturated heterocycles. The molecule has 0 bridgehead atoms. The summed E-state index contributed by atoms with van der Waals surface area (Å²) >= 11 is 0. The van der Waals surface area contributed by atoms with Crippen LogP contribution < -0.4 is 10.2 Å². The van der Waals surface area contributed by atoms with E-state index >= 15 is 0 Å². The highest BCUT2D eigenvalue weighted by atomic mass is 16.3. The average molecular weight is 372 g/mol. The van der Waals surface area contributed by atoms with Gasteiger partial charge in [-0.2, -0.15) is 0 Å².